The minimum absolute atomic E-state index is 0.190. The van der Waals surface area contributed by atoms with E-state index in [1.165, 1.54) is 18.2 Å². The lowest BCUT2D eigenvalue weighted by atomic mass is 9.93. The number of hydrogen-bond donors (Lipinski definition) is 0. The Labute approximate surface area is 202 Å². The fourth-order valence-electron chi connectivity index (χ4n) is 4.87. The van der Waals surface area contributed by atoms with E-state index in [0.29, 0.717) is 24.7 Å². The van der Waals surface area contributed by atoms with Gasteiger partial charge in [0.15, 0.2) is 17.4 Å². The van der Waals surface area contributed by atoms with Crippen molar-refractivity contribution in [2.75, 3.05) is 57.3 Å². The molecule has 0 aromatic heterocycles. The lowest BCUT2D eigenvalue weighted by Gasteiger charge is -2.37. The molecule has 0 spiro atoms. The summed E-state index contributed by atoms with van der Waals surface area (Å²) in [4.78, 5) is 18.8. The summed E-state index contributed by atoms with van der Waals surface area (Å²) in [5.41, 5.74) is 0.190. The second-order valence-electron chi connectivity index (χ2n) is 9.44. The molecule has 35 heavy (non-hydrogen) atoms. The van der Waals surface area contributed by atoms with Crippen LogP contribution in [0.3, 0.4) is 0 Å². The molecule has 0 atom stereocenters. The van der Waals surface area contributed by atoms with Crippen molar-refractivity contribution in [2.45, 2.75) is 25.4 Å². The van der Waals surface area contributed by atoms with Crippen LogP contribution in [0.15, 0.2) is 42.5 Å². The predicted molar refractivity (Wildman–Crippen MR) is 125 cm³/mol. The van der Waals surface area contributed by atoms with Gasteiger partial charge in [-0.25, -0.2) is 8.78 Å². The van der Waals surface area contributed by atoms with Crippen molar-refractivity contribution in [1.29, 1.82) is 0 Å². The number of carbonyl (C=O) groups is 1. The SMILES string of the molecule is O=C(CN1CCC(CCN2CCN(c3cccc(C(F)(F)F)c3)CC2)CC1)c1ccc(F)c(F)c1. The van der Waals surface area contributed by atoms with Crippen molar-refractivity contribution in [3.63, 3.8) is 0 Å². The topological polar surface area (TPSA) is 26.8 Å². The Balaban J connectivity index is 1.16. The number of alkyl halides is 3. The summed E-state index contributed by atoms with van der Waals surface area (Å²) in [6.07, 6.45) is -1.32. The van der Waals surface area contributed by atoms with Crippen LogP contribution in [0.25, 0.3) is 0 Å². The normalized spacial score (nSPS) is 18.7. The van der Waals surface area contributed by atoms with Crippen LogP contribution in [0.4, 0.5) is 27.6 Å². The average molecular weight is 496 g/mol. The summed E-state index contributed by atoms with van der Waals surface area (Å²) in [6, 6.07) is 8.77. The number of carbonyl (C=O) groups excluding carboxylic acids is 1. The minimum Gasteiger partial charge on any atom is -0.369 e. The van der Waals surface area contributed by atoms with Crippen LogP contribution >= 0.6 is 0 Å². The molecular formula is C26H30F5N3O. The molecule has 0 amide bonds. The van der Waals surface area contributed by atoms with Gasteiger partial charge in [0.2, 0.25) is 0 Å². The van der Waals surface area contributed by atoms with E-state index in [0.717, 1.165) is 70.2 Å². The molecule has 2 aromatic carbocycles. The van der Waals surface area contributed by atoms with E-state index in [9.17, 15) is 26.7 Å². The maximum atomic E-state index is 13.4. The van der Waals surface area contributed by atoms with Gasteiger partial charge in [0, 0.05) is 37.4 Å². The Morgan fingerprint density at radius 2 is 1.57 bits per heavy atom. The Morgan fingerprint density at radius 3 is 2.23 bits per heavy atom. The number of likely N-dealkylation sites (tertiary alicyclic amines) is 1. The Morgan fingerprint density at radius 1 is 0.857 bits per heavy atom. The molecule has 0 unspecified atom stereocenters. The number of Topliss-reactive ketones (excluding diaryl/α,β-unsaturated/α-hetero) is 1. The van der Waals surface area contributed by atoms with Crippen molar-refractivity contribution < 1.29 is 26.7 Å². The number of halogens is 5. The summed E-state index contributed by atoms with van der Waals surface area (Å²) in [7, 11) is 0. The quantitative estimate of drug-likeness (QED) is 0.395. The predicted octanol–water partition coefficient (Wildman–Crippen LogP) is 5.09. The lowest BCUT2D eigenvalue weighted by Crippen LogP contribution is -2.47. The molecule has 0 N–H and O–H groups in total. The van der Waals surface area contributed by atoms with E-state index in [1.54, 1.807) is 6.07 Å². The summed E-state index contributed by atoms with van der Waals surface area (Å²) in [5, 5.41) is 0. The number of piperidine rings is 1. The zero-order chi connectivity index (χ0) is 25.0. The number of rotatable bonds is 7. The summed E-state index contributed by atoms with van der Waals surface area (Å²) in [5.74, 6) is -1.61. The third-order valence-electron chi connectivity index (χ3n) is 7.08. The van der Waals surface area contributed by atoms with Crippen molar-refractivity contribution in [1.82, 2.24) is 9.80 Å². The van der Waals surface area contributed by atoms with Gasteiger partial charge in [-0.2, -0.15) is 13.2 Å². The first kappa shape index (κ1) is 25.6. The van der Waals surface area contributed by atoms with Gasteiger partial charge in [0.1, 0.15) is 0 Å². The van der Waals surface area contributed by atoms with E-state index in [4.69, 9.17) is 0 Å². The van der Waals surface area contributed by atoms with Gasteiger partial charge in [-0.1, -0.05) is 6.07 Å². The van der Waals surface area contributed by atoms with Crippen LogP contribution in [0.2, 0.25) is 0 Å². The highest BCUT2D eigenvalue weighted by Crippen LogP contribution is 2.32. The molecule has 190 valence electrons. The number of benzene rings is 2. The monoisotopic (exact) mass is 495 g/mol. The van der Waals surface area contributed by atoms with Gasteiger partial charge in [-0.05, 0) is 81.2 Å². The molecule has 0 bridgehead atoms. The third-order valence-corrected chi connectivity index (χ3v) is 7.08. The molecular weight excluding hydrogens is 465 g/mol. The summed E-state index contributed by atoms with van der Waals surface area (Å²) < 4.78 is 65.4. The minimum atomic E-state index is -4.33. The van der Waals surface area contributed by atoms with Crippen LogP contribution in [0.1, 0.15) is 35.2 Å². The van der Waals surface area contributed by atoms with E-state index in [2.05, 4.69) is 9.80 Å². The van der Waals surface area contributed by atoms with Crippen LogP contribution in [0.5, 0.6) is 0 Å². The molecule has 2 saturated heterocycles. The first-order valence-electron chi connectivity index (χ1n) is 12.0. The fourth-order valence-corrected chi connectivity index (χ4v) is 4.87. The molecule has 2 fully saturated rings. The Kier molecular flexibility index (Phi) is 8.06. The first-order valence-corrected chi connectivity index (χ1v) is 12.0. The molecule has 0 aliphatic carbocycles. The second-order valence-corrected chi connectivity index (χ2v) is 9.44. The maximum Gasteiger partial charge on any atom is 0.416 e. The second kappa shape index (κ2) is 11.0. The molecule has 2 aliphatic heterocycles. The van der Waals surface area contributed by atoms with Crippen LogP contribution in [0, 0.1) is 17.6 Å². The standard InChI is InChI=1S/C26H30F5N3O/c27-23-5-4-20(16-24(23)28)25(35)18-33-10-7-19(8-11-33)6-9-32-12-14-34(15-13-32)22-3-1-2-21(17-22)26(29,30)31/h1-5,16-17,19H,6-15,18H2. The number of ketones is 1. The lowest BCUT2D eigenvalue weighted by molar-refractivity contribution is -0.137. The van der Waals surface area contributed by atoms with Crippen molar-refractivity contribution in [2.24, 2.45) is 5.92 Å². The molecule has 4 rings (SSSR count). The Bertz CT molecular complexity index is 1010. The molecule has 0 radical (unpaired) electrons. The third kappa shape index (κ3) is 6.79. The van der Waals surface area contributed by atoms with Gasteiger partial charge in [0.25, 0.3) is 0 Å². The van der Waals surface area contributed by atoms with Crippen molar-refractivity contribution >= 4 is 11.5 Å². The zero-order valence-electron chi connectivity index (χ0n) is 19.5. The Hall–Kier alpha value is -2.52. The zero-order valence-corrected chi connectivity index (χ0v) is 19.5. The number of piperazine rings is 1. The van der Waals surface area contributed by atoms with Crippen molar-refractivity contribution in [3.8, 4) is 0 Å². The van der Waals surface area contributed by atoms with Gasteiger partial charge in [-0.15, -0.1) is 0 Å². The molecule has 0 saturated carbocycles. The van der Waals surface area contributed by atoms with Crippen LogP contribution in [-0.4, -0.2) is 67.9 Å². The van der Waals surface area contributed by atoms with Crippen LogP contribution in [-0.2, 0) is 6.18 Å². The highest BCUT2D eigenvalue weighted by molar-refractivity contribution is 5.97. The molecule has 2 heterocycles. The van der Waals surface area contributed by atoms with Gasteiger partial charge < -0.3 is 4.90 Å². The number of hydrogen-bond acceptors (Lipinski definition) is 4. The van der Waals surface area contributed by atoms with E-state index in [-0.39, 0.29) is 17.9 Å². The first-order chi connectivity index (χ1) is 16.7. The fraction of sp³-hybridized carbons (Fsp3) is 0.500. The smallest absolute Gasteiger partial charge is 0.369 e. The van der Waals surface area contributed by atoms with E-state index >= 15 is 0 Å². The maximum absolute atomic E-state index is 13.4. The molecule has 2 aliphatic rings. The average Bonchev–Trinajstić information content (AvgIpc) is 2.85. The summed E-state index contributed by atoms with van der Waals surface area (Å²) >= 11 is 0. The number of anilines is 1. The van der Waals surface area contributed by atoms with Crippen LogP contribution < -0.4 is 4.90 Å². The number of nitrogens with zero attached hydrogens (tertiary/aromatic N) is 3. The molecule has 2 aromatic rings. The largest absolute Gasteiger partial charge is 0.416 e. The van der Waals surface area contributed by atoms with E-state index in [1.807, 2.05) is 4.90 Å². The van der Waals surface area contributed by atoms with E-state index < -0.39 is 23.4 Å². The van der Waals surface area contributed by atoms with Gasteiger partial charge in [0.05, 0.1) is 12.1 Å². The van der Waals surface area contributed by atoms with Gasteiger partial charge >= 0.3 is 6.18 Å². The molecule has 4 nitrogen and oxygen atoms in total. The summed E-state index contributed by atoms with van der Waals surface area (Å²) in [6.45, 7) is 5.78. The highest BCUT2D eigenvalue weighted by Gasteiger charge is 2.31. The van der Waals surface area contributed by atoms with Gasteiger partial charge in [-0.3, -0.25) is 14.6 Å². The van der Waals surface area contributed by atoms with Crippen molar-refractivity contribution in [3.05, 3.63) is 65.2 Å². The molecule has 9 heteroatoms. The highest BCUT2D eigenvalue weighted by atomic mass is 19.4.